The van der Waals surface area contributed by atoms with Gasteiger partial charge < -0.3 is 4.74 Å². The first kappa shape index (κ1) is 12.6. The van der Waals surface area contributed by atoms with Crippen molar-refractivity contribution in [2.75, 3.05) is 0 Å². The highest BCUT2D eigenvalue weighted by Gasteiger charge is 2.15. The third-order valence-electron chi connectivity index (χ3n) is 3.36. The Labute approximate surface area is 121 Å². The Morgan fingerprint density at radius 2 is 1.74 bits per heavy atom. The van der Waals surface area contributed by atoms with Crippen LogP contribution in [0.3, 0.4) is 0 Å². The number of ether oxygens (including phenoxy) is 1. The number of halogens is 1. The summed E-state index contributed by atoms with van der Waals surface area (Å²) >= 11 is 3.42. The normalized spacial score (nSPS) is 14.6. The Morgan fingerprint density at radius 1 is 0.947 bits per heavy atom. The standard InChI is InChI=1S/C15H15BrN2O/c16-11-6-8-12(9-7-11)19-15-13-4-2-1-3-5-14(13)17-10-18-15/h6-10H,1-5H2. The van der Waals surface area contributed by atoms with Gasteiger partial charge in [-0.15, -0.1) is 0 Å². The number of benzene rings is 1. The molecule has 19 heavy (non-hydrogen) atoms. The maximum Gasteiger partial charge on any atom is 0.225 e. The molecule has 0 fully saturated rings. The highest BCUT2D eigenvalue weighted by Crippen LogP contribution is 2.29. The number of nitrogens with zero attached hydrogens (tertiary/aromatic N) is 2. The van der Waals surface area contributed by atoms with Crippen LogP contribution in [0.2, 0.25) is 0 Å². The Morgan fingerprint density at radius 3 is 2.58 bits per heavy atom. The van der Waals surface area contributed by atoms with Crippen LogP contribution in [0.1, 0.15) is 30.5 Å². The minimum absolute atomic E-state index is 0.717. The predicted molar refractivity (Wildman–Crippen MR) is 77.5 cm³/mol. The third-order valence-corrected chi connectivity index (χ3v) is 3.89. The van der Waals surface area contributed by atoms with Gasteiger partial charge in [-0.3, -0.25) is 0 Å². The molecule has 0 amide bonds. The van der Waals surface area contributed by atoms with Crippen LogP contribution in [0.4, 0.5) is 0 Å². The molecule has 1 aliphatic rings. The maximum absolute atomic E-state index is 5.92. The summed E-state index contributed by atoms with van der Waals surface area (Å²) in [7, 11) is 0. The van der Waals surface area contributed by atoms with E-state index in [0.717, 1.165) is 28.8 Å². The van der Waals surface area contributed by atoms with E-state index >= 15 is 0 Å². The number of fused-ring (bicyclic) bond motifs is 1. The fourth-order valence-electron chi connectivity index (χ4n) is 2.37. The van der Waals surface area contributed by atoms with E-state index in [9.17, 15) is 0 Å². The number of hydrogen-bond acceptors (Lipinski definition) is 3. The maximum atomic E-state index is 5.92. The van der Waals surface area contributed by atoms with Crippen LogP contribution in [0.25, 0.3) is 0 Å². The topological polar surface area (TPSA) is 35.0 Å². The van der Waals surface area contributed by atoms with Gasteiger partial charge in [-0.2, -0.15) is 0 Å². The average molecular weight is 319 g/mol. The quantitative estimate of drug-likeness (QED) is 0.774. The molecular weight excluding hydrogens is 304 g/mol. The van der Waals surface area contributed by atoms with Gasteiger partial charge in [-0.1, -0.05) is 22.4 Å². The zero-order valence-electron chi connectivity index (χ0n) is 10.6. The van der Waals surface area contributed by atoms with Crippen molar-refractivity contribution >= 4 is 15.9 Å². The van der Waals surface area contributed by atoms with Crippen LogP contribution >= 0.6 is 15.9 Å². The van der Waals surface area contributed by atoms with Crippen LogP contribution in [0.5, 0.6) is 11.6 Å². The van der Waals surface area contributed by atoms with Crippen molar-refractivity contribution in [3.63, 3.8) is 0 Å². The first-order valence-corrected chi connectivity index (χ1v) is 7.38. The summed E-state index contributed by atoms with van der Waals surface area (Å²) in [6.07, 6.45) is 7.32. The molecular formula is C15H15BrN2O. The summed E-state index contributed by atoms with van der Waals surface area (Å²) < 4.78 is 6.96. The first-order chi connectivity index (χ1) is 9.33. The molecule has 0 aliphatic heterocycles. The number of aromatic nitrogens is 2. The Balaban J connectivity index is 1.90. The van der Waals surface area contributed by atoms with E-state index in [-0.39, 0.29) is 0 Å². The lowest BCUT2D eigenvalue weighted by Gasteiger charge is -2.11. The molecule has 1 aromatic heterocycles. The summed E-state index contributed by atoms with van der Waals surface area (Å²) in [5.41, 5.74) is 2.34. The molecule has 3 nitrogen and oxygen atoms in total. The van der Waals surface area contributed by atoms with Gasteiger partial charge in [0.05, 0.1) is 5.69 Å². The molecule has 4 heteroatoms. The predicted octanol–water partition coefficient (Wildman–Crippen LogP) is 4.30. The van der Waals surface area contributed by atoms with Gasteiger partial charge >= 0.3 is 0 Å². The summed E-state index contributed by atoms with van der Waals surface area (Å²) in [5.74, 6) is 1.53. The molecule has 0 radical (unpaired) electrons. The second kappa shape index (κ2) is 5.70. The van der Waals surface area contributed by atoms with Crippen molar-refractivity contribution in [2.45, 2.75) is 32.1 Å². The van der Waals surface area contributed by atoms with E-state index in [1.54, 1.807) is 6.33 Å². The highest BCUT2D eigenvalue weighted by molar-refractivity contribution is 9.10. The van der Waals surface area contributed by atoms with Crippen LogP contribution < -0.4 is 4.74 Å². The van der Waals surface area contributed by atoms with Gasteiger partial charge in [0.15, 0.2) is 0 Å². The average Bonchev–Trinajstić information content (AvgIpc) is 2.67. The number of aryl methyl sites for hydroxylation is 1. The Hall–Kier alpha value is -1.42. The van der Waals surface area contributed by atoms with Crippen molar-refractivity contribution in [3.05, 3.63) is 46.3 Å². The zero-order chi connectivity index (χ0) is 13.1. The monoisotopic (exact) mass is 318 g/mol. The molecule has 2 aromatic rings. The van der Waals surface area contributed by atoms with Crippen LogP contribution in [-0.2, 0) is 12.8 Å². The van der Waals surface area contributed by atoms with Crippen molar-refractivity contribution in [2.24, 2.45) is 0 Å². The lowest BCUT2D eigenvalue weighted by molar-refractivity contribution is 0.452. The molecule has 1 heterocycles. The molecule has 0 bridgehead atoms. The molecule has 3 rings (SSSR count). The zero-order valence-corrected chi connectivity index (χ0v) is 12.2. The Bertz CT molecular complexity index is 569. The van der Waals surface area contributed by atoms with Gasteiger partial charge in [0, 0.05) is 10.0 Å². The van der Waals surface area contributed by atoms with Gasteiger partial charge in [-0.25, -0.2) is 9.97 Å². The smallest absolute Gasteiger partial charge is 0.225 e. The second-order valence-corrected chi connectivity index (χ2v) is 5.64. The fourth-order valence-corrected chi connectivity index (χ4v) is 2.63. The SMILES string of the molecule is Brc1ccc(Oc2ncnc3c2CCCCC3)cc1. The minimum atomic E-state index is 0.717. The van der Waals surface area contributed by atoms with E-state index < -0.39 is 0 Å². The van der Waals surface area contributed by atoms with Gasteiger partial charge in [0.25, 0.3) is 0 Å². The van der Waals surface area contributed by atoms with Crippen molar-refractivity contribution in [1.82, 2.24) is 9.97 Å². The second-order valence-electron chi connectivity index (χ2n) is 4.72. The van der Waals surface area contributed by atoms with E-state index in [0.29, 0.717) is 5.88 Å². The molecule has 0 atom stereocenters. The number of hydrogen-bond donors (Lipinski definition) is 0. The molecule has 98 valence electrons. The van der Waals surface area contributed by atoms with Crippen LogP contribution in [0.15, 0.2) is 35.1 Å². The summed E-state index contributed by atoms with van der Waals surface area (Å²) in [4.78, 5) is 8.70. The summed E-state index contributed by atoms with van der Waals surface area (Å²) in [5, 5.41) is 0. The van der Waals surface area contributed by atoms with Crippen LogP contribution in [0, 0.1) is 0 Å². The lowest BCUT2D eigenvalue weighted by atomic mass is 10.1. The van der Waals surface area contributed by atoms with Gasteiger partial charge in [-0.05, 0) is 49.9 Å². The molecule has 0 unspecified atom stereocenters. The minimum Gasteiger partial charge on any atom is -0.439 e. The van der Waals surface area contributed by atoms with E-state index in [1.165, 1.54) is 24.8 Å². The van der Waals surface area contributed by atoms with Crippen molar-refractivity contribution < 1.29 is 4.74 Å². The van der Waals surface area contributed by atoms with Crippen LogP contribution in [-0.4, -0.2) is 9.97 Å². The molecule has 0 saturated heterocycles. The number of rotatable bonds is 2. The first-order valence-electron chi connectivity index (χ1n) is 6.59. The molecule has 1 aromatic carbocycles. The van der Waals surface area contributed by atoms with E-state index in [2.05, 4.69) is 25.9 Å². The fraction of sp³-hybridized carbons (Fsp3) is 0.333. The lowest BCUT2D eigenvalue weighted by Crippen LogP contribution is -2.01. The Kier molecular flexibility index (Phi) is 3.78. The van der Waals surface area contributed by atoms with Crippen molar-refractivity contribution in [3.8, 4) is 11.6 Å². The van der Waals surface area contributed by atoms with E-state index in [4.69, 9.17) is 4.74 Å². The van der Waals surface area contributed by atoms with Crippen molar-refractivity contribution in [1.29, 1.82) is 0 Å². The molecule has 0 saturated carbocycles. The summed E-state index contributed by atoms with van der Waals surface area (Å²) in [6, 6.07) is 7.81. The van der Waals surface area contributed by atoms with E-state index in [1.807, 2.05) is 24.3 Å². The third kappa shape index (κ3) is 2.95. The highest BCUT2D eigenvalue weighted by atomic mass is 79.9. The summed E-state index contributed by atoms with van der Waals surface area (Å²) in [6.45, 7) is 0. The van der Waals surface area contributed by atoms with Gasteiger partial charge in [0.1, 0.15) is 12.1 Å². The molecule has 0 spiro atoms. The molecule has 1 aliphatic carbocycles. The largest absolute Gasteiger partial charge is 0.439 e. The van der Waals surface area contributed by atoms with Gasteiger partial charge in [0.2, 0.25) is 5.88 Å². The molecule has 0 N–H and O–H groups in total.